The van der Waals surface area contributed by atoms with Crippen LogP contribution in [0.1, 0.15) is 34.3 Å². The third kappa shape index (κ3) is 2.66. The maximum absolute atomic E-state index is 5.75. The summed E-state index contributed by atoms with van der Waals surface area (Å²) in [5, 5.41) is 3.32. The van der Waals surface area contributed by atoms with Gasteiger partial charge in [-0.2, -0.15) is 0 Å². The lowest BCUT2D eigenvalue weighted by molar-refractivity contribution is 0.410. The average Bonchev–Trinajstić information content (AvgIpc) is 2.80. The standard InChI is InChI=1S/C16H21NO2/c1-10-9-15(18-5)11(2)8-13(10)16(17-4)14-7-6-12(3)19-14/h6-9,16-17H,1-5H3. The lowest BCUT2D eigenvalue weighted by Crippen LogP contribution is -2.18. The van der Waals surface area contributed by atoms with E-state index < -0.39 is 0 Å². The van der Waals surface area contributed by atoms with Crippen LogP contribution in [0.2, 0.25) is 0 Å². The van der Waals surface area contributed by atoms with E-state index in [0.717, 1.165) is 22.8 Å². The van der Waals surface area contributed by atoms with Crippen LogP contribution in [-0.4, -0.2) is 14.2 Å². The van der Waals surface area contributed by atoms with Crippen molar-refractivity contribution in [2.45, 2.75) is 26.8 Å². The van der Waals surface area contributed by atoms with Gasteiger partial charge < -0.3 is 14.5 Å². The third-order valence-electron chi connectivity index (χ3n) is 3.43. The Labute approximate surface area is 114 Å². The molecule has 0 bridgehead atoms. The molecule has 0 spiro atoms. The van der Waals surface area contributed by atoms with Crippen LogP contribution in [-0.2, 0) is 0 Å². The highest BCUT2D eigenvalue weighted by Gasteiger charge is 2.18. The summed E-state index contributed by atoms with van der Waals surface area (Å²) >= 11 is 0. The quantitative estimate of drug-likeness (QED) is 0.912. The molecular weight excluding hydrogens is 238 g/mol. The Morgan fingerprint density at radius 3 is 2.37 bits per heavy atom. The highest BCUT2D eigenvalue weighted by atomic mass is 16.5. The number of benzene rings is 1. The van der Waals surface area contributed by atoms with Crippen molar-refractivity contribution < 1.29 is 9.15 Å². The van der Waals surface area contributed by atoms with E-state index in [1.807, 2.05) is 26.1 Å². The van der Waals surface area contributed by atoms with E-state index in [4.69, 9.17) is 9.15 Å². The molecule has 0 aliphatic carbocycles. The van der Waals surface area contributed by atoms with Crippen LogP contribution in [0.4, 0.5) is 0 Å². The summed E-state index contributed by atoms with van der Waals surface area (Å²) < 4.78 is 11.1. The zero-order valence-electron chi connectivity index (χ0n) is 12.2. The maximum Gasteiger partial charge on any atom is 0.125 e. The van der Waals surface area contributed by atoms with Gasteiger partial charge in [-0.1, -0.05) is 6.07 Å². The molecule has 0 aliphatic rings. The van der Waals surface area contributed by atoms with E-state index in [-0.39, 0.29) is 6.04 Å². The van der Waals surface area contributed by atoms with Crippen LogP contribution in [0.5, 0.6) is 5.75 Å². The molecule has 19 heavy (non-hydrogen) atoms. The topological polar surface area (TPSA) is 34.4 Å². The molecule has 0 saturated heterocycles. The Morgan fingerprint density at radius 1 is 1.11 bits per heavy atom. The minimum atomic E-state index is 0.0679. The molecule has 1 unspecified atom stereocenters. The highest BCUT2D eigenvalue weighted by molar-refractivity contribution is 5.44. The van der Waals surface area contributed by atoms with Crippen molar-refractivity contribution in [3.05, 3.63) is 52.5 Å². The highest BCUT2D eigenvalue weighted by Crippen LogP contribution is 2.30. The summed E-state index contributed by atoms with van der Waals surface area (Å²) in [6.07, 6.45) is 0. The Balaban J connectivity index is 2.47. The summed E-state index contributed by atoms with van der Waals surface area (Å²) in [7, 11) is 3.65. The maximum atomic E-state index is 5.75. The van der Waals surface area contributed by atoms with E-state index in [0.29, 0.717) is 0 Å². The van der Waals surface area contributed by atoms with Crippen LogP contribution in [0.15, 0.2) is 28.7 Å². The van der Waals surface area contributed by atoms with E-state index in [1.54, 1.807) is 7.11 Å². The third-order valence-corrected chi connectivity index (χ3v) is 3.43. The predicted octanol–water partition coefficient (Wildman–Crippen LogP) is 3.52. The number of hydrogen-bond donors (Lipinski definition) is 1. The molecule has 0 amide bonds. The summed E-state index contributed by atoms with van der Waals surface area (Å²) in [6, 6.07) is 8.32. The second kappa shape index (κ2) is 5.49. The largest absolute Gasteiger partial charge is 0.496 e. The normalized spacial score (nSPS) is 12.5. The molecule has 0 aliphatic heterocycles. The lowest BCUT2D eigenvalue weighted by Gasteiger charge is -2.19. The van der Waals surface area contributed by atoms with Gasteiger partial charge >= 0.3 is 0 Å². The van der Waals surface area contributed by atoms with Crippen LogP contribution < -0.4 is 10.1 Å². The van der Waals surface area contributed by atoms with Gasteiger partial charge in [0.1, 0.15) is 17.3 Å². The fraction of sp³-hybridized carbons (Fsp3) is 0.375. The van der Waals surface area contributed by atoms with Gasteiger partial charge in [-0.25, -0.2) is 0 Å². The molecule has 0 fully saturated rings. The Bertz CT molecular complexity index is 572. The number of hydrogen-bond acceptors (Lipinski definition) is 3. The molecule has 1 atom stereocenters. The molecule has 102 valence electrons. The summed E-state index contributed by atoms with van der Waals surface area (Å²) in [6.45, 7) is 6.11. The first-order valence-electron chi connectivity index (χ1n) is 6.45. The van der Waals surface area contributed by atoms with Crippen molar-refractivity contribution in [3.63, 3.8) is 0 Å². The molecule has 1 N–H and O–H groups in total. The van der Waals surface area contributed by atoms with E-state index >= 15 is 0 Å². The fourth-order valence-corrected chi connectivity index (χ4v) is 2.40. The number of ether oxygens (including phenoxy) is 1. The predicted molar refractivity (Wildman–Crippen MR) is 76.8 cm³/mol. The molecule has 0 saturated carbocycles. The Hall–Kier alpha value is -1.74. The number of rotatable bonds is 4. The van der Waals surface area contributed by atoms with Gasteiger partial charge in [0, 0.05) is 0 Å². The van der Waals surface area contributed by atoms with Crippen molar-refractivity contribution in [2.24, 2.45) is 0 Å². The van der Waals surface area contributed by atoms with Crippen LogP contribution in [0, 0.1) is 20.8 Å². The first-order chi connectivity index (χ1) is 9.06. The molecule has 3 heteroatoms. The number of aryl methyl sites for hydroxylation is 3. The smallest absolute Gasteiger partial charge is 0.125 e. The van der Waals surface area contributed by atoms with Crippen LogP contribution in [0.3, 0.4) is 0 Å². The minimum Gasteiger partial charge on any atom is -0.496 e. The van der Waals surface area contributed by atoms with Crippen molar-refractivity contribution in [1.82, 2.24) is 5.32 Å². The first kappa shape index (κ1) is 13.7. The number of nitrogens with one attached hydrogen (secondary N) is 1. The van der Waals surface area contributed by atoms with Gasteiger partial charge in [0.05, 0.1) is 13.2 Å². The van der Waals surface area contributed by atoms with Gasteiger partial charge in [-0.15, -0.1) is 0 Å². The molecule has 1 aromatic carbocycles. The van der Waals surface area contributed by atoms with Crippen molar-refractivity contribution in [1.29, 1.82) is 0 Å². The summed E-state index contributed by atoms with van der Waals surface area (Å²) in [4.78, 5) is 0. The molecule has 1 aromatic heterocycles. The second-order valence-electron chi connectivity index (χ2n) is 4.85. The first-order valence-corrected chi connectivity index (χ1v) is 6.45. The van der Waals surface area contributed by atoms with Crippen molar-refractivity contribution in [2.75, 3.05) is 14.2 Å². The van der Waals surface area contributed by atoms with Crippen LogP contribution >= 0.6 is 0 Å². The molecule has 1 heterocycles. The van der Waals surface area contributed by atoms with Gasteiger partial charge in [0.15, 0.2) is 0 Å². The molecular formula is C16H21NO2. The van der Waals surface area contributed by atoms with E-state index in [2.05, 4.69) is 31.3 Å². The molecule has 3 nitrogen and oxygen atoms in total. The zero-order chi connectivity index (χ0) is 14.0. The van der Waals surface area contributed by atoms with Gasteiger partial charge in [-0.3, -0.25) is 0 Å². The fourth-order valence-electron chi connectivity index (χ4n) is 2.40. The number of methoxy groups -OCH3 is 1. The van der Waals surface area contributed by atoms with Gasteiger partial charge in [0.2, 0.25) is 0 Å². The Kier molecular flexibility index (Phi) is 3.96. The van der Waals surface area contributed by atoms with E-state index in [9.17, 15) is 0 Å². The van der Waals surface area contributed by atoms with Crippen molar-refractivity contribution in [3.8, 4) is 5.75 Å². The van der Waals surface area contributed by atoms with Gasteiger partial charge in [0.25, 0.3) is 0 Å². The van der Waals surface area contributed by atoms with Gasteiger partial charge in [-0.05, 0) is 62.7 Å². The minimum absolute atomic E-state index is 0.0679. The second-order valence-corrected chi connectivity index (χ2v) is 4.85. The van der Waals surface area contributed by atoms with E-state index in [1.165, 1.54) is 11.1 Å². The van der Waals surface area contributed by atoms with Crippen LogP contribution in [0.25, 0.3) is 0 Å². The zero-order valence-corrected chi connectivity index (χ0v) is 12.2. The molecule has 0 radical (unpaired) electrons. The Morgan fingerprint density at radius 2 is 1.84 bits per heavy atom. The molecule has 2 rings (SSSR count). The van der Waals surface area contributed by atoms with Crippen molar-refractivity contribution >= 4 is 0 Å². The number of furan rings is 1. The average molecular weight is 259 g/mol. The SMILES string of the molecule is CNC(c1ccc(C)o1)c1cc(C)c(OC)cc1C. The molecule has 2 aromatic rings. The summed E-state index contributed by atoms with van der Waals surface area (Å²) in [5.74, 6) is 2.79. The monoisotopic (exact) mass is 259 g/mol. The summed E-state index contributed by atoms with van der Waals surface area (Å²) in [5.41, 5.74) is 3.54. The lowest BCUT2D eigenvalue weighted by atomic mass is 9.96.